The number of nitrogen functional groups attached to an aromatic ring is 1. The van der Waals surface area contributed by atoms with Gasteiger partial charge < -0.3 is 20.3 Å². The summed E-state index contributed by atoms with van der Waals surface area (Å²) in [7, 11) is 0. The van der Waals surface area contributed by atoms with Gasteiger partial charge in [-0.3, -0.25) is 0 Å². The number of nitrogens with two attached hydrogens (primary N) is 1. The van der Waals surface area contributed by atoms with Crippen LogP contribution in [-0.2, 0) is 17.7 Å². The van der Waals surface area contributed by atoms with Crippen LogP contribution in [0.2, 0.25) is 0 Å². The fraction of sp³-hybridized carbons (Fsp3) is 0.429. The maximum absolute atomic E-state index is 5.67. The molecular formula is C21H25N9O. The van der Waals surface area contributed by atoms with Crippen LogP contribution in [0.3, 0.4) is 0 Å². The SMILES string of the molecule is Cc1nccc(N2CCc3c(nc(-c4cnc(N)nc4)nc3N3CCOC[C@@H]3C)C2)n1. The van der Waals surface area contributed by atoms with E-state index < -0.39 is 0 Å². The summed E-state index contributed by atoms with van der Waals surface area (Å²) in [5, 5.41) is 0. The molecule has 0 aliphatic carbocycles. The van der Waals surface area contributed by atoms with E-state index >= 15 is 0 Å². The molecule has 0 aromatic carbocycles. The molecule has 5 heterocycles. The van der Waals surface area contributed by atoms with Gasteiger partial charge in [-0.05, 0) is 26.3 Å². The zero-order valence-corrected chi connectivity index (χ0v) is 17.7. The molecule has 0 radical (unpaired) electrons. The van der Waals surface area contributed by atoms with E-state index in [2.05, 4.69) is 36.7 Å². The lowest BCUT2D eigenvalue weighted by atomic mass is 10.0. The summed E-state index contributed by atoms with van der Waals surface area (Å²) in [5.41, 5.74) is 8.60. The molecule has 10 heteroatoms. The van der Waals surface area contributed by atoms with Crippen molar-refractivity contribution in [1.82, 2.24) is 29.9 Å². The predicted octanol–water partition coefficient (Wildman–Crippen LogP) is 1.40. The maximum Gasteiger partial charge on any atom is 0.219 e. The Balaban J connectivity index is 1.58. The number of fused-ring (bicyclic) bond motifs is 1. The van der Waals surface area contributed by atoms with Crippen LogP contribution in [0.15, 0.2) is 24.7 Å². The van der Waals surface area contributed by atoms with E-state index in [4.69, 9.17) is 20.4 Å². The lowest BCUT2D eigenvalue weighted by Gasteiger charge is -2.38. The van der Waals surface area contributed by atoms with Crippen LogP contribution in [0.4, 0.5) is 17.6 Å². The molecule has 5 rings (SSSR count). The molecule has 2 N–H and O–H groups in total. The largest absolute Gasteiger partial charge is 0.377 e. The molecule has 0 amide bonds. The standard InChI is InChI=1S/C21H25N9O/c1-13-12-31-8-7-30(13)20-16-4-6-29(18-3-5-23-14(2)26-18)11-17(16)27-19(28-20)15-9-24-21(22)25-10-15/h3,5,9-10,13H,4,6-8,11-12H2,1-2H3,(H2,22,24,25)/t13-/m0/s1. The van der Waals surface area contributed by atoms with Gasteiger partial charge in [0.15, 0.2) is 5.82 Å². The highest BCUT2D eigenvalue weighted by Gasteiger charge is 2.29. The molecule has 31 heavy (non-hydrogen) atoms. The topological polar surface area (TPSA) is 119 Å². The Morgan fingerprint density at radius 2 is 1.94 bits per heavy atom. The van der Waals surface area contributed by atoms with Crippen molar-refractivity contribution in [3.05, 3.63) is 41.7 Å². The van der Waals surface area contributed by atoms with Gasteiger partial charge in [0.05, 0.1) is 37.1 Å². The van der Waals surface area contributed by atoms with E-state index in [0.717, 1.165) is 48.2 Å². The Hall–Kier alpha value is -3.40. The summed E-state index contributed by atoms with van der Waals surface area (Å²) in [5.74, 6) is 3.48. The Bertz CT molecular complexity index is 1090. The van der Waals surface area contributed by atoms with Gasteiger partial charge in [-0.15, -0.1) is 0 Å². The first-order chi connectivity index (χ1) is 15.1. The molecule has 1 atom stereocenters. The van der Waals surface area contributed by atoms with Gasteiger partial charge in [-0.2, -0.15) is 0 Å². The Morgan fingerprint density at radius 1 is 1.10 bits per heavy atom. The van der Waals surface area contributed by atoms with Gasteiger partial charge in [0.25, 0.3) is 0 Å². The minimum Gasteiger partial charge on any atom is -0.377 e. The highest BCUT2D eigenvalue weighted by molar-refractivity contribution is 5.61. The quantitative estimate of drug-likeness (QED) is 0.667. The van der Waals surface area contributed by atoms with E-state index in [1.807, 2.05) is 13.0 Å². The third-order valence-corrected chi connectivity index (χ3v) is 5.70. The summed E-state index contributed by atoms with van der Waals surface area (Å²) in [6.07, 6.45) is 5.98. The number of anilines is 3. The zero-order chi connectivity index (χ0) is 21.4. The molecule has 3 aromatic heterocycles. The van der Waals surface area contributed by atoms with Crippen molar-refractivity contribution >= 4 is 17.6 Å². The number of aryl methyl sites for hydroxylation is 1. The van der Waals surface area contributed by atoms with Gasteiger partial charge in [-0.25, -0.2) is 29.9 Å². The number of morpholine rings is 1. The minimum atomic E-state index is 0.231. The lowest BCUT2D eigenvalue weighted by Crippen LogP contribution is -2.45. The molecule has 10 nitrogen and oxygen atoms in total. The Morgan fingerprint density at radius 3 is 2.71 bits per heavy atom. The van der Waals surface area contributed by atoms with E-state index in [0.29, 0.717) is 25.6 Å². The Labute approximate surface area is 180 Å². The van der Waals surface area contributed by atoms with Crippen molar-refractivity contribution in [2.24, 2.45) is 0 Å². The number of hydrogen-bond acceptors (Lipinski definition) is 10. The minimum absolute atomic E-state index is 0.231. The van der Waals surface area contributed by atoms with Crippen LogP contribution in [-0.4, -0.2) is 62.2 Å². The Kier molecular flexibility index (Phi) is 5.06. The molecule has 0 bridgehead atoms. The molecule has 1 fully saturated rings. The van der Waals surface area contributed by atoms with Crippen LogP contribution in [0.25, 0.3) is 11.4 Å². The van der Waals surface area contributed by atoms with Gasteiger partial charge in [-0.1, -0.05) is 0 Å². The number of aromatic nitrogens is 6. The highest BCUT2D eigenvalue weighted by atomic mass is 16.5. The van der Waals surface area contributed by atoms with Crippen molar-refractivity contribution in [2.45, 2.75) is 32.9 Å². The van der Waals surface area contributed by atoms with Gasteiger partial charge in [0.2, 0.25) is 5.95 Å². The average Bonchev–Trinajstić information content (AvgIpc) is 2.79. The van der Waals surface area contributed by atoms with Crippen LogP contribution >= 0.6 is 0 Å². The number of nitrogens with zero attached hydrogens (tertiary/aromatic N) is 8. The highest BCUT2D eigenvalue weighted by Crippen LogP contribution is 2.32. The number of ether oxygens (including phenoxy) is 1. The monoisotopic (exact) mass is 419 g/mol. The van der Waals surface area contributed by atoms with Crippen molar-refractivity contribution in [2.75, 3.05) is 41.8 Å². The van der Waals surface area contributed by atoms with E-state index in [1.54, 1.807) is 18.6 Å². The number of rotatable bonds is 3. The smallest absolute Gasteiger partial charge is 0.219 e. The fourth-order valence-corrected chi connectivity index (χ4v) is 4.09. The van der Waals surface area contributed by atoms with Crippen LogP contribution in [0, 0.1) is 6.92 Å². The summed E-state index contributed by atoms with van der Waals surface area (Å²) in [4.78, 5) is 31.5. The molecule has 2 aliphatic heterocycles. The first-order valence-corrected chi connectivity index (χ1v) is 10.4. The van der Waals surface area contributed by atoms with E-state index in [1.165, 1.54) is 5.56 Å². The van der Waals surface area contributed by atoms with Gasteiger partial charge in [0.1, 0.15) is 17.5 Å². The summed E-state index contributed by atoms with van der Waals surface area (Å²) >= 11 is 0. The molecule has 2 aliphatic rings. The lowest BCUT2D eigenvalue weighted by molar-refractivity contribution is 0.0984. The zero-order valence-electron chi connectivity index (χ0n) is 17.7. The molecule has 0 spiro atoms. The second-order valence-electron chi connectivity index (χ2n) is 7.88. The molecule has 160 valence electrons. The molecule has 3 aromatic rings. The molecule has 0 unspecified atom stereocenters. The van der Waals surface area contributed by atoms with Gasteiger partial charge >= 0.3 is 0 Å². The average molecular weight is 419 g/mol. The second-order valence-corrected chi connectivity index (χ2v) is 7.88. The van der Waals surface area contributed by atoms with Crippen LogP contribution < -0.4 is 15.5 Å². The van der Waals surface area contributed by atoms with Crippen LogP contribution in [0.1, 0.15) is 24.0 Å². The first-order valence-electron chi connectivity index (χ1n) is 10.4. The third kappa shape index (κ3) is 3.86. The summed E-state index contributed by atoms with van der Waals surface area (Å²) in [6.45, 7) is 7.75. The maximum atomic E-state index is 5.67. The molecule has 1 saturated heterocycles. The molecular weight excluding hydrogens is 394 g/mol. The van der Waals surface area contributed by atoms with Crippen molar-refractivity contribution < 1.29 is 4.74 Å². The van der Waals surface area contributed by atoms with Crippen molar-refractivity contribution in [3.8, 4) is 11.4 Å². The first kappa shape index (κ1) is 19.6. The van der Waals surface area contributed by atoms with Gasteiger partial charge in [0, 0.05) is 37.2 Å². The third-order valence-electron chi connectivity index (χ3n) is 5.70. The molecule has 0 saturated carbocycles. The summed E-state index contributed by atoms with van der Waals surface area (Å²) in [6, 6.07) is 2.18. The second kappa shape index (κ2) is 8.03. The van der Waals surface area contributed by atoms with E-state index in [-0.39, 0.29) is 12.0 Å². The predicted molar refractivity (Wildman–Crippen MR) is 117 cm³/mol. The van der Waals surface area contributed by atoms with Crippen molar-refractivity contribution in [3.63, 3.8) is 0 Å². The van der Waals surface area contributed by atoms with Crippen molar-refractivity contribution in [1.29, 1.82) is 0 Å². The normalized spacial score (nSPS) is 18.7. The van der Waals surface area contributed by atoms with E-state index in [9.17, 15) is 0 Å². The fourth-order valence-electron chi connectivity index (χ4n) is 4.09. The number of hydrogen-bond donors (Lipinski definition) is 1. The summed E-state index contributed by atoms with van der Waals surface area (Å²) < 4.78 is 5.65. The van der Waals surface area contributed by atoms with Crippen LogP contribution in [0.5, 0.6) is 0 Å².